The molecule has 0 heterocycles. The van der Waals surface area contributed by atoms with Gasteiger partial charge in [0.1, 0.15) is 0 Å². The van der Waals surface area contributed by atoms with E-state index in [2.05, 4.69) is 0 Å². The summed E-state index contributed by atoms with van der Waals surface area (Å²) in [6.45, 7) is 2.45. The monoisotopic (exact) mass is 246 g/mol. The standard InChI is InChI=1S/C12H16ClFO2/c1-2-15-12-8-10(9-13)4-5-11(12)16-7-3-6-14/h4-5,8H,2-3,6-7,9H2,1H3. The van der Waals surface area contributed by atoms with Crippen LogP contribution in [-0.4, -0.2) is 19.9 Å². The molecule has 0 unspecified atom stereocenters. The molecule has 1 rings (SSSR count). The molecule has 0 saturated heterocycles. The largest absolute Gasteiger partial charge is 0.490 e. The molecule has 1 aromatic carbocycles. The van der Waals surface area contributed by atoms with Crippen LogP contribution >= 0.6 is 11.6 Å². The van der Waals surface area contributed by atoms with Crippen LogP contribution in [0, 0.1) is 0 Å². The van der Waals surface area contributed by atoms with Crippen molar-refractivity contribution in [2.24, 2.45) is 0 Å². The van der Waals surface area contributed by atoms with Crippen LogP contribution in [0.4, 0.5) is 4.39 Å². The highest BCUT2D eigenvalue weighted by Gasteiger charge is 2.05. The molecule has 4 heteroatoms. The van der Waals surface area contributed by atoms with Gasteiger partial charge in [0.05, 0.1) is 19.9 Å². The van der Waals surface area contributed by atoms with Gasteiger partial charge in [0, 0.05) is 12.3 Å². The Bertz CT molecular complexity index is 318. The number of ether oxygens (including phenoxy) is 2. The molecule has 2 nitrogen and oxygen atoms in total. The van der Waals surface area contributed by atoms with Crippen LogP contribution in [0.1, 0.15) is 18.9 Å². The van der Waals surface area contributed by atoms with E-state index in [-0.39, 0.29) is 6.67 Å². The van der Waals surface area contributed by atoms with E-state index in [1.807, 2.05) is 19.1 Å². The summed E-state index contributed by atoms with van der Waals surface area (Å²) in [6, 6.07) is 5.53. The fraction of sp³-hybridized carbons (Fsp3) is 0.500. The lowest BCUT2D eigenvalue weighted by Crippen LogP contribution is -2.02. The average molecular weight is 247 g/mol. The Morgan fingerprint density at radius 1 is 1.25 bits per heavy atom. The van der Waals surface area contributed by atoms with Gasteiger partial charge in [0.25, 0.3) is 0 Å². The number of benzene rings is 1. The summed E-state index contributed by atoms with van der Waals surface area (Å²) in [6.07, 6.45) is 0.392. The number of alkyl halides is 2. The highest BCUT2D eigenvalue weighted by molar-refractivity contribution is 6.17. The third kappa shape index (κ3) is 3.89. The molecule has 0 spiro atoms. The van der Waals surface area contributed by atoms with Gasteiger partial charge in [-0.2, -0.15) is 0 Å². The molecule has 90 valence electrons. The second-order valence-electron chi connectivity index (χ2n) is 3.24. The van der Waals surface area contributed by atoms with Crippen molar-refractivity contribution in [2.75, 3.05) is 19.9 Å². The molecule has 0 aromatic heterocycles. The average Bonchev–Trinajstić information content (AvgIpc) is 2.31. The van der Waals surface area contributed by atoms with Crippen LogP contribution in [0.2, 0.25) is 0 Å². The van der Waals surface area contributed by atoms with Gasteiger partial charge in [-0.25, -0.2) is 0 Å². The summed E-state index contributed by atoms with van der Waals surface area (Å²) < 4.78 is 22.8. The molecule has 0 amide bonds. The summed E-state index contributed by atoms with van der Waals surface area (Å²) in [5.74, 6) is 1.74. The number of rotatable bonds is 7. The van der Waals surface area contributed by atoms with Crippen molar-refractivity contribution < 1.29 is 13.9 Å². The van der Waals surface area contributed by atoms with Crippen LogP contribution in [0.3, 0.4) is 0 Å². The second kappa shape index (κ2) is 7.34. The molecule has 1 aromatic rings. The summed E-state index contributed by atoms with van der Waals surface area (Å²) in [5.41, 5.74) is 0.975. The predicted molar refractivity (Wildman–Crippen MR) is 63.3 cm³/mol. The Labute approximate surface area is 100 Å². The van der Waals surface area contributed by atoms with E-state index < -0.39 is 0 Å². The van der Waals surface area contributed by atoms with Gasteiger partial charge in [-0.05, 0) is 24.6 Å². The van der Waals surface area contributed by atoms with E-state index in [0.717, 1.165) is 5.56 Å². The first-order chi connectivity index (χ1) is 7.81. The lowest BCUT2D eigenvalue weighted by atomic mass is 10.2. The molecule has 0 bridgehead atoms. The minimum absolute atomic E-state index is 0.358. The molecule has 16 heavy (non-hydrogen) atoms. The minimum Gasteiger partial charge on any atom is -0.490 e. The van der Waals surface area contributed by atoms with Crippen LogP contribution in [0.5, 0.6) is 11.5 Å². The highest BCUT2D eigenvalue weighted by atomic mass is 35.5. The quantitative estimate of drug-likeness (QED) is 0.541. The van der Waals surface area contributed by atoms with Crippen LogP contribution < -0.4 is 9.47 Å². The van der Waals surface area contributed by atoms with E-state index in [4.69, 9.17) is 21.1 Å². The fourth-order valence-corrected chi connectivity index (χ4v) is 1.43. The molecule has 0 radical (unpaired) electrons. The molecule has 0 N–H and O–H groups in total. The maximum absolute atomic E-state index is 11.9. The third-order valence-corrected chi connectivity index (χ3v) is 2.31. The smallest absolute Gasteiger partial charge is 0.161 e. The number of hydrogen-bond acceptors (Lipinski definition) is 2. The normalized spacial score (nSPS) is 10.2. The molecular formula is C12H16ClFO2. The highest BCUT2D eigenvalue weighted by Crippen LogP contribution is 2.29. The van der Waals surface area contributed by atoms with E-state index >= 15 is 0 Å². The molecule has 0 fully saturated rings. The summed E-state index contributed by atoms with van der Waals surface area (Å²) in [4.78, 5) is 0. The van der Waals surface area contributed by atoms with Crippen LogP contribution in [0.25, 0.3) is 0 Å². The zero-order chi connectivity index (χ0) is 11.8. The predicted octanol–water partition coefficient (Wildman–Crippen LogP) is 3.56. The van der Waals surface area contributed by atoms with Crippen molar-refractivity contribution in [3.05, 3.63) is 23.8 Å². The zero-order valence-corrected chi connectivity index (χ0v) is 10.1. The van der Waals surface area contributed by atoms with E-state index in [9.17, 15) is 4.39 Å². The maximum atomic E-state index is 11.9. The van der Waals surface area contributed by atoms with Gasteiger partial charge in [0.2, 0.25) is 0 Å². The Kier molecular flexibility index (Phi) is 6.01. The lowest BCUT2D eigenvalue weighted by Gasteiger charge is -2.12. The Hall–Kier alpha value is -0.960. The van der Waals surface area contributed by atoms with Gasteiger partial charge in [-0.15, -0.1) is 11.6 Å². The Morgan fingerprint density at radius 2 is 2.06 bits per heavy atom. The second-order valence-corrected chi connectivity index (χ2v) is 3.51. The fourth-order valence-electron chi connectivity index (χ4n) is 1.26. The van der Waals surface area contributed by atoms with Gasteiger partial charge in [0.15, 0.2) is 11.5 Å². The van der Waals surface area contributed by atoms with Crippen molar-refractivity contribution in [1.82, 2.24) is 0 Å². The molecule has 0 aliphatic carbocycles. The van der Waals surface area contributed by atoms with Crippen LogP contribution in [-0.2, 0) is 5.88 Å². The van der Waals surface area contributed by atoms with Crippen molar-refractivity contribution >= 4 is 11.6 Å². The maximum Gasteiger partial charge on any atom is 0.161 e. The molecule has 0 atom stereocenters. The number of halogens is 2. The van der Waals surface area contributed by atoms with Crippen molar-refractivity contribution in [3.63, 3.8) is 0 Å². The summed E-state index contributed by atoms with van der Waals surface area (Å²) >= 11 is 5.73. The molecular weight excluding hydrogens is 231 g/mol. The van der Waals surface area contributed by atoms with E-state index in [1.54, 1.807) is 6.07 Å². The minimum atomic E-state index is -0.371. The lowest BCUT2D eigenvalue weighted by molar-refractivity contribution is 0.262. The summed E-state index contributed by atoms with van der Waals surface area (Å²) in [7, 11) is 0. The van der Waals surface area contributed by atoms with E-state index in [0.29, 0.717) is 37.0 Å². The zero-order valence-electron chi connectivity index (χ0n) is 9.34. The first kappa shape index (κ1) is 13.1. The first-order valence-corrected chi connectivity index (χ1v) is 5.85. The van der Waals surface area contributed by atoms with Crippen molar-refractivity contribution in [2.45, 2.75) is 19.2 Å². The van der Waals surface area contributed by atoms with Gasteiger partial charge >= 0.3 is 0 Å². The SMILES string of the molecule is CCOc1cc(CCl)ccc1OCCCF. The van der Waals surface area contributed by atoms with Crippen molar-refractivity contribution in [3.8, 4) is 11.5 Å². The molecule has 0 aliphatic rings. The topological polar surface area (TPSA) is 18.5 Å². The van der Waals surface area contributed by atoms with Gasteiger partial charge < -0.3 is 9.47 Å². The number of hydrogen-bond donors (Lipinski definition) is 0. The van der Waals surface area contributed by atoms with E-state index in [1.165, 1.54) is 0 Å². The molecule has 0 saturated carbocycles. The third-order valence-electron chi connectivity index (χ3n) is 2.00. The Balaban J connectivity index is 2.72. The van der Waals surface area contributed by atoms with Gasteiger partial charge in [-0.1, -0.05) is 6.07 Å². The van der Waals surface area contributed by atoms with Gasteiger partial charge in [-0.3, -0.25) is 4.39 Å². The van der Waals surface area contributed by atoms with Crippen LogP contribution in [0.15, 0.2) is 18.2 Å². The molecule has 0 aliphatic heterocycles. The first-order valence-electron chi connectivity index (χ1n) is 5.32. The summed E-state index contributed by atoms with van der Waals surface area (Å²) in [5, 5.41) is 0. The van der Waals surface area contributed by atoms with Crippen molar-refractivity contribution in [1.29, 1.82) is 0 Å². The Morgan fingerprint density at radius 3 is 2.69 bits per heavy atom.